The zero-order valence-electron chi connectivity index (χ0n) is 11.8. The van der Waals surface area contributed by atoms with Gasteiger partial charge in [-0.25, -0.2) is 4.39 Å². The van der Waals surface area contributed by atoms with Crippen molar-refractivity contribution in [2.75, 3.05) is 26.3 Å². The number of amides is 1. The van der Waals surface area contributed by atoms with Crippen molar-refractivity contribution in [3.8, 4) is 5.75 Å². The van der Waals surface area contributed by atoms with Crippen LogP contribution in [0.2, 0.25) is 0 Å². The molecule has 0 spiro atoms. The maximum atomic E-state index is 12.7. The fourth-order valence-electron chi connectivity index (χ4n) is 1.82. The van der Waals surface area contributed by atoms with E-state index in [0.717, 1.165) is 0 Å². The molecule has 0 saturated heterocycles. The van der Waals surface area contributed by atoms with Gasteiger partial charge in [-0.3, -0.25) is 4.79 Å². The number of carbonyl (C=O) groups excluding carboxylic acids is 1. The fourth-order valence-corrected chi connectivity index (χ4v) is 1.82. The Hall–Kier alpha value is -1.62. The number of rotatable bonds is 9. The highest BCUT2D eigenvalue weighted by atomic mass is 19.1. The SMILES string of the molecule is CCN(CCCO)C(=O)CCCOc1ccc(F)cc1. The van der Waals surface area contributed by atoms with Crippen molar-refractivity contribution >= 4 is 5.91 Å². The lowest BCUT2D eigenvalue weighted by Gasteiger charge is -2.20. The molecule has 1 aromatic carbocycles. The Bertz CT molecular complexity index is 395. The summed E-state index contributed by atoms with van der Waals surface area (Å²) in [5.74, 6) is 0.380. The van der Waals surface area contributed by atoms with E-state index in [2.05, 4.69) is 0 Å². The van der Waals surface area contributed by atoms with Gasteiger partial charge in [0, 0.05) is 26.1 Å². The fraction of sp³-hybridized carbons (Fsp3) is 0.533. The standard InChI is InChI=1S/C15H22FNO3/c1-2-17(10-4-11-18)15(19)5-3-12-20-14-8-6-13(16)7-9-14/h6-9,18H,2-5,10-12H2,1H3. The normalized spacial score (nSPS) is 10.3. The van der Waals surface area contributed by atoms with Crippen LogP contribution >= 0.6 is 0 Å². The van der Waals surface area contributed by atoms with Gasteiger partial charge in [-0.2, -0.15) is 0 Å². The maximum absolute atomic E-state index is 12.7. The van der Waals surface area contributed by atoms with Crippen LogP contribution in [0.25, 0.3) is 0 Å². The van der Waals surface area contributed by atoms with Crippen LogP contribution < -0.4 is 4.74 Å². The maximum Gasteiger partial charge on any atom is 0.222 e. The molecule has 5 heteroatoms. The summed E-state index contributed by atoms with van der Waals surface area (Å²) in [7, 11) is 0. The van der Waals surface area contributed by atoms with E-state index in [9.17, 15) is 9.18 Å². The molecule has 0 aromatic heterocycles. The van der Waals surface area contributed by atoms with Crippen molar-refractivity contribution in [2.24, 2.45) is 0 Å². The van der Waals surface area contributed by atoms with Crippen molar-refractivity contribution < 1.29 is 19.0 Å². The molecule has 0 atom stereocenters. The third kappa shape index (κ3) is 6.02. The molecular formula is C15H22FNO3. The number of benzene rings is 1. The summed E-state index contributed by atoms with van der Waals surface area (Å²) in [6.45, 7) is 3.68. The van der Waals surface area contributed by atoms with Crippen LogP contribution in [0.5, 0.6) is 5.75 Å². The lowest BCUT2D eigenvalue weighted by molar-refractivity contribution is -0.131. The number of carbonyl (C=O) groups is 1. The average molecular weight is 283 g/mol. The Balaban J connectivity index is 2.22. The van der Waals surface area contributed by atoms with Gasteiger partial charge in [0.2, 0.25) is 5.91 Å². The summed E-state index contributed by atoms with van der Waals surface area (Å²) in [5.41, 5.74) is 0. The summed E-state index contributed by atoms with van der Waals surface area (Å²) < 4.78 is 18.1. The van der Waals surface area contributed by atoms with Crippen LogP contribution in [0.3, 0.4) is 0 Å². The van der Waals surface area contributed by atoms with Gasteiger partial charge in [-0.15, -0.1) is 0 Å². The van der Waals surface area contributed by atoms with Crippen molar-refractivity contribution in [2.45, 2.75) is 26.2 Å². The number of ether oxygens (including phenoxy) is 1. The molecule has 20 heavy (non-hydrogen) atoms. The number of aliphatic hydroxyl groups is 1. The molecule has 112 valence electrons. The van der Waals surface area contributed by atoms with E-state index in [1.165, 1.54) is 12.1 Å². The van der Waals surface area contributed by atoms with E-state index in [1.54, 1.807) is 17.0 Å². The largest absolute Gasteiger partial charge is 0.494 e. The predicted molar refractivity (Wildman–Crippen MR) is 75.1 cm³/mol. The third-order valence-corrected chi connectivity index (χ3v) is 2.94. The Labute approximate surface area is 119 Å². The molecule has 1 amide bonds. The quantitative estimate of drug-likeness (QED) is 0.707. The van der Waals surface area contributed by atoms with E-state index >= 15 is 0 Å². The van der Waals surface area contributed by atoms with Crippen LogP contribution in [-0.4, -0.2) is 42.2 Å². The second-order valence-electron chi connectivity index (χ2n) is 4.46. The number of nitrogens with zero attached hydrogens (tertiary/aromatic N) is 1. The molecule has 0 aliphatic heterocycles. The monoisotopic (exact) mass is 283 g/mol. The first-order chi connectivity index (χ1) is 9.67. The van der Waals surface area contributed by atoms with Crippen LogP contribution in [-0.2, 0) is 4.79 Å². The van der Waals surface area contributed by atoms with Gasteiger partial charge in [-0.05, 0) is 44.0 Å². The number of hydrogen-bond acceptors (Lipinski definition) is 3. The van der Waals surface area contributed by atoms with Crippen molar-refractivity contribution in [3.63, 3.8) is 0 Å². The van der Waals surface area contributed by atoms with Gasteiger partial charge in [0.05, 0.1) is 6.61 Å². The van der Waals surface area contributed by atoms with Crippen LogP contribution in [0, 0.1) is 5.82 Å². The highest BCUT2D eigenvalue weighted by Crippen LogP contribution is 2.11. The summed E-state index contributed by atoms with van der Waals surface area (Å²) >= 11 is 0. The van der Waals surface area contributed by atoms with Crippen LogP contribution in [0.1, 0.15) is 26.2 Å². The summed E-state index contributed by atoms with van der Waals surface area (Å²) in [6.07, 6.45) is 1.64. The minimum atomic E-state index is -0.296. The van der Waals surface area contributed by atoms with E-state index in [0.29, 0.717) is 44.7 Å². The molecule has 1 rings (SSSR count). The topological polar surface area (TPSA) is 49.8 Å². The van der Waals surface area contributed by atoms with Gasteiger partial charge in [0.25, 0.3) is 0 Å². The first-order valence-corrected chi connectivity index (χ1v) is 6.94. The molecule has 0 aliphatic carbocycles. The molecule has 0 fully saturated rings. The molecule has 0 bridgehead atoms. The van der Waals surface area contributed by atoms with E-state index in [4.69, 9.17) is 9.84 Å². The van der Waals surface area contributed by atoms with Gasteiger partial charge >= 0.3 is 0 Å². The molecule has 0 heterocycles. The minimum Gasteiger partial charge on any atom is -0.494 e. The first kappa shape index (κ1) is 16.4. The second kappa shape index (κ2) is 9.31. The minimum absolute atomic E-state index is 0.0728. The van der Waals surface area contributed by atoms with Gasteiger partial charge in [-0.1, -0.05) is 0 Å². The van der Waals surface area contributed by atoms with E-state index < -0.39 is 0 Å². The van der Waals surface area contributed by atoms with Gasteiger partial charge in [0.15, 0.2) is 0 Å². The second-order valence-corrected chi connectivity index (χ2v) is 4.46. The summed E-state index contributed by atoms with van der Waals surface area (Å²) in [4.78, 5) is 13.6. The van der Waals surface area contributed by atoms with E-state index in [-0.39, 0.29) is 18.3 Å². The molecule has 0 aliphatic rings. The van der Waals surface area contributed by atoms with Gasteiger partial charge in [0.1, 0.15) is 11.6 Å². The molecule has 4 nitrogen and oxygen atoms in total. The van der Waals surface area contributed by atoms with Crippen LogP contribution in [0.4, 0.5) is 4.39 Å². The lowest BCUT2D eigenvalue weighted by atomic mass is 10.2. The first-order valence-electron chi connectivity index (χ1n) is 6.94. The highest BCUT2D eigenvalue weighted by Gasteiger charge is 2.10. The average Bonchev–Trinajstić information content (AvgIpc) is 2.46. The Morgan fingerprint density at radius 2 is 2.00 bits per heavy atom. The lowest BCUT2D eigenvalue weighted by Crippen LogP contribution is -2.32. The molecule has 0 saturated carbocycles. The predicted octanol–water partition coefficient (Wildman–Crippen LogP) is 2.22. The zero-order valence-corrected chi connectivity index (χ0v) is 11.8. The number of halogens is 1. The Morgan fingerprint density at radius 3 is 2.60 bits per heavy atom. The Kier molecular flexibility index (Phi) is 7.65. The smallest absolute Gasteiger partial charge is 0.222 e. The third-order valence-electron chi connectivity index (χ3n) is 2.94. The molecule has 1 aromatic rings. The summed E-state index contributed by atoms with van der Waals surface area (Å²) in [6, 6.07) is 5.82. The summed E-state index contributed by atoms with van der Waals surface area (Å²) in [5, 5.41) is 8.77. The van der Waals surface area contributed by atoms with Gasteiger partial charge < -0.3 is 14.7 Å². The van der Waals surface area contributed by atoms with Crippen molar-refractivity contribution in [1.82, 2.24) is 4.90 Å². The molecule has 1 N–H and O–H groups in total. The van der Waals surface area contributed by atoms with Crippen molar-refractivity contribution in [3.05, 3.63) is 30.1 Å². The van der Waals surface area contributed by atoms with Crippen molar-refractivity contribution in [1.29, 1.82) is 0 Å². The van der Waals surface area contributed by atoms with Crippen LogP contribution in [0.15, 0.2) is 24.3 Å². The molecular weight excluding hydrogens is 261 g/mol. The Morgan fingerprint density at radius 1 is 1.30 bits per heavy atom. The molecule has 0 radical (unpaired) electrons. The highest BCUT2D eigenvalue weighted by molar-refractivity contribution is 5.76. The number of hydrogen-bond donors (Lipinski definition) is 1. The zero-order chi connectivity index (χ0) is 14.8. The van der Waals surface area contributed by atoms with E-state index in [1.807, 2.05) is 6.92 Å². The number of aliphatic hydroxyl groups excluding tert-OH is 1. The molecule has 0 unspecified atom stereocenters.